The van der Waals surface area contributed by atoms with E-state index >= 15 is 0 Å². The summed E-state index contributed by atoms with van der Waals surface area (Å²) >= 11 is 0. The number of methoxy groups -OCH3 is 1. The number of rotatable bonds is 4. The number of para-hydroxylation sites is 1. The van der Waals surface area contributed by atoms with Crippen LogP contribution in [0.2, 0.25) is 0 Å². The van der Waals surface area contributed by atoms with E-state index in [1.807, 2.05) is 30.3 Å². The van der Waals surface area contributed by atoms with E-state index in [-0.39, 0.29) is 5.54 Å². The van der Waals surface area contributed by atoms with Gasteiger partial charge in [-0.3, -0.25) is 4.90 Å². The molecule has 1 saturated heterocycles. The Labute approximate surface area is 162 Å². The van der Waals surface area contributed by atoms with Crippen LogP contribution in [0.3, 0.4) is 0 Å². The molecule has 5 nitrogen and oxygen atoms in total. The fourth-order valence-electron chi connectivity index (χ4n) is 4.53. The molecule has 0 N–H and O–H groups in total. The van der Waals surface area contributed by atoms with Gasteiger partial charge in [-0.05, 0) is 55.1 Å². The topological polar surface area (TPSA) is 55.8 Å². The largest absolute Gasteiger partial charge is 0.593 e. The maximum atomic E-state index is 12.5. The van der Waals surface area contributed by atoms with Crippen molar-refractivity contribution in [3.05, 3.63) is 59.7 Å². The van der Waals surface area contributed by atoms with Crippen LogP contribution >= 0.6 is 0 Å². The van der Waals surface area contributed by atoms with E-state index in [2.05, 4.69) is 23.1 Å². The minimum absolute atomic E-state index is 0.142. The van der Waals surface area contributed by atoms with E-state index in [1.165, 1.54) is 11.8 Å². The van der Waals surface area contributed by atoms with Gasteiger partial charge < -0.3 is 9.29 Å². The van der Waals surface area contributed by atoms with E-state index in [0.29, 0.717) is 6.54 Å². The number of nitrogens with zero attached hydrogens (tertiary/aromatic N) is 2. The van der Waals surface area contributed by atoms with Gasteiger partial charge in [-0.15, -0.1) is 0 Å². The third-order valence-electron chi connectivity index (χ3n) is 5.89. The van der Waals surface area contributed by atoms with Gasteiger partial charge >= 0.3 is 0 Å². The second-order valence-electron chi connectivity index (χ2n) is 7.67. The molecule has 2 unspecified atom stereocenters. The lowest BCUT2D eigenvalue weighted by molar-refractivity contribution is 0.132. The van der Waals surface area contributed by atoms with Crippen molar-refractivity contribution in [1.29, 1.82) is 0 Å². The Kier molecular flexibility index (Phi) is 4.74. The third-order valence-corrected chi connectivity index (χ3v) is 7.02. The van der Waals surface area contributed by atoms with E-state index in [4.69, 9.17) is 4.74 Å². The third kappa shape index (κ3) is 3.49. The molecule has 0 amide bonds. The average molecular weight is 387 g/mol. The molecule has 0 aromatic heterocycles. The first-order valence-electron chi connectivity index (χ1n) is 9.35. The summed E-state index contributed by atoms with van der Waals surface area (Å²) in [6, 6.07) is 16.1. The molecule has 2 heterocycles. The number of anilines is 1. The summed E-state index contributed by atoms with van der Waals surface area (Å²) in [6.45, 7) is 2.34. The van der Waals surface area contributed by atoms with E-state index in [1.54, 1.807) is 11.4 Å². The molecule has 1 spiro atoms. The average Bonchev–Trinajstić information content (AvgIpc) is 3.02. The Balaban J connectivity index is 1.65. The van der Waals surface area contributed by atoms with Crippen LogP contribution in [0.15, 0.2) is 48.5 Å². The highest BCUT2D eigenvalue weighted by Crippen LogP contribution is 2.43. The minimum Gasteiger partial charge on any atom is -0.593 e. The number of benzene rings is 2. The summed E-state index contributed by atoms with van der Waals surface area (Å²) in [6.07, 6.45) is 4.32. The van der Waals surface area contributed by atoms with Gasteiger partial charge in [0.05, 0.1) is 19.3 Å². The van der Waals surface area contributed by atoms with E-state index < -0.39 is 10.4 Å². The highest BCUT2D eigenvalue weighted by Gasteiger charge is 2.48. The Morgan fingerprint density at radius 3 is 2.63 bits per heavy atom. The Hall–Kier alpha value is -1.89. The number of hydrogen-bond acceptors (Lipinski definition) is 4. The maximum Gasteiger partial charge on any atom is 0.145 e. The first-order chi connectivity index (χ1) is 12.9. The van der Waals surface area contributed by atoms with Gasteiger partial charge in [0.1, 0.15) is 22.4 Å². The van der Waals surface area contributed by atoms with Crippen molar-refractivity contribution >= 4 is 16.1 Å². The predicted molar refractivity (Wildman–Crippen MR) is 108 cm³/mol. The van der Waals surface area contributed by atoms with Crippen molar-refractivity contribution in [2.45, 2.75) is 31.3 Å². The number of fused-ring (bicyclic) bond motifs is 1. The summed E-state index contributed by atoms with van der Waals surface area (Å²) < 4.78 is 31.9. The molecule has 2 atom stereocenters. The zero-order chi connectivity index (χ0) is 19.1. The molecule has 2 aliphatic rings. The van der Waals surface area contributed by atoms with Crippen molar-refractivity contribution in [3.63, 3.8) is 0 Å². The van der Waals surface area contributed by atoms with E-state index in [9.17, 15) is 8.76 Å². The van der Waals surface area contributed by atoms with Crippen molar-refractivity contribution < 1.29 is 13.5 Å². The molecule has 0 bridgehead atoms. The Morgan fingerprint density at radius 2 is 1.93 bits per heavy atom. The molecule has 2 aromatic carbocycles. The highest BCUT2D eigenvalue weighted by atomic mass is 32.3. The van der Waals surface area contributed by atoms with Gasteiger partial charge in [0.2, 0.25) is 0 Å². The summed E-state index contributed by atoms with van der Waals surface area (Å²) in [5.41, 5.74) is 3.04. The van der Waals surface area contributed by atoms with Gasteiger partial charge in [0.15, 0.2) is 0 Å². The van der Waals surface area contributed by atoms with Crippen LogP contribution in [0.25, 0.3) is 0 Å². The number of hydrogen-bond donors (Lipinski definition) is 0. The quantitative estimate of drug-likeness (QED) is 0.757. The summed E-state index contributed by atoms with van der Waals surface area (Å²) in [5.74, 6) is 0.852. The lowest BCUT2D eigenvalue weighted by Gasteiger charge is -2.46. The van der Waals surface area contributed by atoms with Crippen LogP contribution in [0, 0.1) is 0 Å². The minimum atomic E-state index is -3.32. The summed E-state index contributed by atoms with van der Waals surface area (Å²) in [4.78, 5) is 2.48. The Morgan fingerprint density at radius 1 is 1.19 bits per heavy atom. The van der Waals surface area contributed by atoms with Gasteiger partial charge in [-0.2, -0.15) is 4.31 Å². The van der Waals surface area contributed by atoms with Gasteiger partial charge in [-0.1, -0.05) is 34.5 Å². The van der Waals surface area contributed by atoms with Crippen molar-refractivity contribution in [2.24, 2.45) is 0 Å². The summed E-state index contributed by atoms with van der Waals surface area (Å²) in [7, 11) is -1.65. The second-order valence-corrected chi connectivity index (χ2v) is 9.58. The van der Waals surface area contributed by atoms with Crippen molar-refractivity contribution in [3.8, 4) is 5.75 Å². The molecule has 2 aliphatic heterocycles. The van der Waals surface area contributed by atoms with Crippen molar-refractivity contribution in [2.75, 3.05) is 30.8 Å². The molecule has 2 aromatic rings. The molecule has 1 fully saturated rings. The van der Waals surface area contributed by atoms with Crippen LogP contribution in [-0.2, 0) is 27.6 Å². The second kappa shape index (κ2) is 6.93. The van der Waals surface area contributed by atoms with Gasteiger partial charge in [-0.25, -0.2) is 0 Å². The lowest BCUT2D eigenvalue weighted by Crippen LogP contribution is -2.58. The predicted octanol–water partition coefficient (Wildman–Crippen LogP) is 3.27. The van der Waals surface area contributed by atoms with E-state index in [0.717, 1.165) is 49.4 Å². The van der Waals surface area contributed by atoms with Crippen LogP contribution < -0.4 is 9.04 Å². The normalized spacial score (nSPS) is 24.6. The molecule has 0 aliphatic carbocycles. The molecular formula is C21H26N2O3S. The monoisotopic (exact) mass is 386 g/mol. The maximum absolute atomic E-state index is 12.5. The molecule has 27 heavy (non-hydrogen) atoms. The fourth-order valence-corrected chi connectivity index (χ4v) is 5.54. The number of ether oxygens (including phenoxy) is 1. The van der Waals surface area contributed by atoms with Crippen LogP contribution in [-0.4, -0.2) is 41.4 Å². The smallest absolute Gasteiger partial charge is 0.145 e. The van der Waals surface area contributed by atoms with Gasteiger partial charge in [0, 0.05) is 12.1 Å². The zero-order valence-corrected chi connectivity index (χ0v) is 16.7. The van der Waals surface area contributed by atoms with Crippen LogP contribution in [0.5, 0.6) is 5.75 Å². The SMILES string of the molecule is COc1ccc(CN2CCCC23Cc2ccccc2N([S+](C)(=O)[O-])C3)cc1. The molecule has 6 heteroatoms. The Bertz CT molecular complexity index is 864. The highest BCUT2D eigenvalue weighted by molar-refractivity contribution is 7.98. The molecule has 0 saturated carbocycles. The molecule has 144 valence electrons. The molecular weight excluding hydrogens is 360 g/mol. The van der Waals surface area contributed by atoms with Crippen LogP contribution in [0.1, 0.15) is 24.0 Å². The number of likely N-dealkylation sites (tertiary alicyclic amines) is 1. The first kappa shape index (κ1) is 18.5. The van der Waals surface area contributed by atoms with Crippen molar-refractivity contribution in [1.82, 2.24) is 4.90 Å². The molecule has 4 rings (SSSR count). The summed E-state index contributed by atoms with van der Waals surface area (Å²) in [5, 5.41) is 0. The standard InChI is InChI=1S/C21H26N2O3S/c1-26-19-10-8-17(9-11-19)15-22-13-5-12-21(22)14-18-6-3-4-7-20(18)23(16-21)27(2,24)25/h3-4,6-11H,5,12-16H2,1-2H3. The number of sulfonamides is 1. The molecule has 0 radical (unpaired) electrons. The first-order valence-corrected chi connectivity index (χ1v) is 11.2. The fraction of sp³-hybridized carbons (Fsp3) is 0.429. The van der Waals surface area contributed by atoms with Crippen LogP contribution in [0.4, 0.5) is 5.69 Å². The zero-order valence-electron chi connectivity index (χ0n) is 15.9. The lowest BCUT2D eigenvalue weighted by atomic mass is 9.84. The van der Waals surface area contributed by atoms with Gasteiger partial charge in [0.25, 0.3) is 0 Å².